The number of alkyl halides is 3. The standard InChI is InChI=1S/C24H13BrClF3N2O5S/c25-16-4-8-19(36-20-7-3-15(24(27,28)29)11-18(20)31(34)35)14(9-16)10-21-22(32)30(23(33)37-21)12-13-1-5-17(26)6-2-13/h1-11H,12H2/b21-10+. The minimum absolute atomic E-state index is 0.0237. The van der Waals surface area contributed by atoms with Gasteiger partial charge in [0, 0.05) is 21.1 Å². The zero-order valence-electron chi connectivity index (χ0n) is 18.3. The number of nitro benzene ring substituents is 1. The predicted octanol–water partition coefficient (Wildman–Crippen LogP) is 8.06. The number of ether oxygens (including phenoxy) is 1. The molecule has 37 heavy (non-hydrogen) atoms. The molecule has 0 radical (unpaired) electrons. The van der Waals surface area contributed by atoms with Crippen LogP contribution < -0.4 is 4.74 Å². The number of halogens is 5. The van der Waals surface area contributed by atoms with Crippen molar-refractivity contribution in [3.63, 3.8) is 0 Å². The number of hydrogen-bond acceptors (Lipinski definition) is 6. The first-order chi connectivity index (χ1) is 17.4. The molecule has 0 bridgehead atoms. The molecule has 0 saturated carbocycles. The Labute approximate surface area is 225 Å². The smallest absolute Gasteiger partial charge is 0.416 e. The van der Waals surface area contributed by atoms with Crippen LogP contribution in [-0.2, 0) is 17.5 Å². The Balaban J connectivity index is 1.65. The second-order valence-corrected chi connectivity index (χ2v) is 9.96. The maximum atomic E-state index is 13.0. The lowest BCUT2D eigenvalue weighted by Gasteiger charge is -2.13. The summed E-state index contributed by atoms with van der Waals surface area (Å²) >= 11 is 9.87. The highest BCUT2D eigenvalue weighted by Gasteiger charge is 2.36. The molecule has 0 N–H and O–H groups in total. The van der Waals surface area contributed by atoms with Crippen molar-refractivity contribution >= 4 is 62.2 Å². The summed E-state index contributed by atoms with van der Waals surface area (Å²) in [6.45, 7) is 0.0266. The Kier molecular flexibility index (Phi) is 7.62. The molecular formula is C24H13BrClF3N2O5S. The molecule has 0 aromatic heterocycles. The van der Waals surface area contributed by atoms with E-state index >= 15 is 0 Å². The lowest BCUT2D eigenvalue weighted by molar-refractivity contribution is -0.385. The van der Waals surface area contributed by atoms with E-state index in [2.05, 4.69) is 15.9 Å². The first-order valence-corrected chi connectivity index (χ1v) is 12.2. The molecule has 1 heterocycles. The number of thioether (sulfide) groups is 1. The van der Waals surface area contributed by atoms with Gasteiger partial charge in [-0.15, -0.1) is 0 Å². The molecule has 190 valence electrons. The normalized spacial score (nSPS) is 14.9. The number of carbonyl (C=O) groups excluding carboxylic acids is 2. The van der Waals surface area contributed by atoms with Crippen molar-refractivity contribution in [2.24, 2.45) is 0 Å². The van der Waals surface area contributed by atoms with Gasteiger partial charge >= 0.3 is 11.9 Å². The quantitative estimate of drug-likeness (QED) is 0.159. The van der Waals surface area contributed by atoms with Crippen molar-refractivity contribution in [3.05, 3.63) is 102 Å². The molecule has 1 aliphatic heterocycles. The van der Waals surface area contributed by atoms with Crippen molar-refractivity contribution in [1.82, 2.24) is 4.90 Å². The molecule has 4 rings (SSSR count). The van der Waals surface area contributed by atoms with Gasteiger partial charge in [-0.2, -0.15) is 13.2 Å². The van der Waals surface area contributed by atoms with Gasteiger partial charge in [0.15, 0.2) is 0 Å². The van der Waals surface area contributed by atoms with Gasteiger partial charge in [-0.25, -0.2) is 0 Å². The third-order valence-electron chi connectivity index (χ3n) is 5.09. The SMILES string of the molecule is O=C1S/C(=C/c2cc(Br)ccc2Oc2ccc(C(F)(F)F)cc2[N+](=O)[O-])C(=O)N1Cc1ccc(Cl)cc1. The van der Waals surface area contributed by atoms with E-state index in [0.717, 1.165) is 11.0 Å². The first-order valence-electron chi connectivity index (χ1n) is 10.3. The minimum Gasteiger partial charge on any atom is -0.449 e. The largest absolute Gasteiger partial charge is 0.449 e. The van der Waals surface area contributed by atoms with E-state index in [0.29, 0.717) is 39.0 Å². The monoisotopic (exact) mass is 612 g/mol. The van der Waals surface area contributed by atoms with Crippen LogP contribution in [0.15, 0.2) is 70.0 Å². The number of amides is 2. The van der Waals surface area contributed by atoms with Crippen LogP contribution in [0.3, 0.4) is 0 Å². The van der Waals surface area contributed by atoms with Crippen LogP contribution >= 0.6 is 39.3 Å². The van der Waals surface area contributed by atoms with Gasteiger partial charge in [-0.1, -0.05) is 39.7 Å². The van der Waals surface area contributed by atoms with Crippen molar-refractivity contribution in [3.8, 4) is 11.5 Å². The average Bonchev–Trinajstić information content (AvgIpc) is 3.08. The molecule has 13 heteroatoms. The molecule has 3 aromatic rings. The molecule has 2 amide bonds. The van der Waals surface area contributed by atoms with Crippen LogP contribution in [0.1, 0.15) is 16.7 Å². The van der Waals surface area contributed by atoms with E-state index in [1.165, 1.54) is 12.1 Å². The fourth-order valence-electron chi connectivity index (χ4n) is 3.32. The first kappa shape index (κ1) is 26.7. The molecule has 7 nitrogen and oxygen atoms in total. The van der Waals surface area contributed by atoms with Crippen LogP contribution in [0.5, 0.6) is 11.5 Å². The number of nitro groups is 1. The lowest BCUT2D eigenvalue weighted by atomic mass is 10.1. The summed E-state index contributed by atoms with van der Waals surface area (Å²) in [6.07, 6.45) is -3.40. The summed E-state index contributed by atoms with van der Waals surface area (Å²) in [5, 5.41) is 11.4. The number of hydrogen-bond donors (Lipinski definition) is 0. The van der Waals surface area contributed by atoms with Crippen LogP contribution in [0, 0.1) is 10.1 Å². The average molecular weight is 614 g/mol. The maximum Gasteiger partial charge on any atom is 0.416 e. The summed E-state index contributed by atoms with van der Waals surface area (Å²) in [6, 6.07) is 13.1. The fraction of sp³-hybridized carbons (Fsp3) is 0.0833. The van der Waals surface area contributed by atoms with E-state index in [1.807, 2.05) is 0 Å². The maximum absolute atomic E-state index is 13.0. The predicted molar refractivity (Wildman–Crippen MR) is 135 cm³/mol. The molecule has 0 aliphatic carbocycles. The second kappa shape index (κ2) is 10.6. The van der Waals surface area contributed by atoms with Crippen molar-refractivity contribution in [2.45, 2.75) is 12.7 Å². The molecular weight excluding hydrogens is 601 g/mol. The summed E-state index contributed by atoms with van der Waals surface area (Å²) in [4.78, 5) is 37.1. The molecule has 1 saturated heterocycles. The van der Waals surface area contributed by atoms with Gasteiger partial charge in [0.25, 0.3) is 11.1 Å². The van der Waals surface area contributed by atoms with Crippen LogP contribution in [0.2, 0.25) is 5.02 Å². The Bertz CT molecular complexity index is 1450. The van der Waals surface area contributed by atoms with E-state index in [4.69, 9.17) is 16.3 Å². The highest BCUT2D eigenvalue weighted by molar-refractivity contribution is 9.10. The van der Waals surface area contributed by atoms with E-state index in [1.54, 1.807) is 36.4 Å². The second-order valence-electron chi connectivity index (χ2n) is 7.62. The highest BCUT2D eigenvalue weighted by atomic mass is 79.9. The zero-order chi connectivity index (χ0) is 26.9. The molecule has 0 atom stereocenters. The third-order valence-corrected chi connectivity index (χ3v) is 6.74. The Hall–Kier alpha value is -3.35. The van der Waals surface area contributed by atoms with Gasteiger partial charge in [0.05, 0.1) is 21.9 Å². The number of nitrogens with zero attached hydrogens (tertiary/aromatic N) is 2. The Morgan fingerprint density at radius 3 is 2.38 bits per heavy atom. The molecule has 3 aromatic carbocycles. The number of benzene rings is 3. The highest BCUT2D eigenvalue weighted by Crippen LogP contribution is 2.40. The lowest BCUT2D eigenvalue weighted by Crippen LogP contribution is -2.27. The molecule has 0 unspecified atom stereocenters. The number of imide groups is 1. The van der Waals surface area contributed by atoms with E-state index < -0.39 is 39.2 Å². The van der Waals surface area contributed by atoms with E-state index in [9.17, 15) is 32.9 Å². The zero-order valence-corrected chi connectivity index (χ0v) is 21.5. The van der Waals surface area contributed by atoms with Gasteiger partial charge in [-0.3, -0.25) is 24.6 Å². The number of rotatable bonds is 6. The van der Waals surface area contributed by atoms with Crippen molar-refractivity contribution in [2.75, 3.05) is 0 Å². The summed E-state index contributed by atoms with van der Waals surface area (Å²) in [5.74, 6) is -0.960. The molecule has 1 aliphatic rings. The van der Waals surface area contributed by atoms with Gasteiger partial charge in [-0.05, 0) is 65.9 Å². The summed E-state index contributed by atoms with van der Waals surface area (Å²) in [7, 11) is 0. The summed E-state index contributed by atoms with van der Waals surface area (Å²) in [5.41, 5.74) is -1.13. The number of carbonyl (C=O) groups is 2. The van der Waals surface area contributed by atoms with Crippen LogP contribution in [0.25, 0.3) is 6.08 Å². The Morgan fingerprint density at radius 1 is 1.05 bits per heavy atom. The van der Waals surface area contributed by atoms with Crippen molar-refractivity contribution < 1.29 is 32.4 Å². The van der Waals surface area contributed by atoms with Gasteiger partial charge in [0.1, 0.15) is 5.75 Å². The molecule has 0 spiro atoms. The Morgan fingerprint density at radius 2 is 1.73 bits per heavy atom. The van der Waals surface area contributed by atoms with Crippen molar-refractivity contribution in [1.29, 1.82) is 0 Å². The third kappa shape index (κ3) is 6.14. The van der Waals surface area contributed by atoms with Crippen LogP contribution in [0.4, 0.5) is 23.7 Å². The summed E-state index contributed by atoms with van der Waals surface area (Å²) < 4.78 is 45.3. The molecule has 1 fully saturated rings. The minimum atomic E-state index is -4.78. The van der Waals surface area contributed by atoms with E-state index in [-0.39, 0.29) is 22.8 Å². The topological polar surface area (TPSA) is 89.7 Å². The van der Waals surface area contributed by atoms with Gasteiger partial charge < -0.3 is 4.74 Å². The van der Waals surface area contributed by atoms with Crippen LogP contribution in [-0.4, -0.2) is 21.0 Å². The van der Waals surface area contributed by atoms with Gasteiger partial charge in [0.2, 0.25) is 5.75 Å². The fourth-order valence-corrected chi connectivity index (χ4v) is 4.65.